The molecule has 0 aromatic heterocycles. The lowest BCUT2D eigenvalue weighted by Gasteiger charge is -2.19. The number of amides is 2. The van der Waals surface area contributed by atoms with Crippen LogP contribution in [0.1, 0.15) is 34.8 Å². The van der Waals surface area contributed by atoms with E-state index in [1.165, 1.54) is 24.3 Å². The molecular formula is C18H18FN3O2. The second-order valence-corrected chi connectivity index (χ2v) is 5.73. The lowest BCUT2D eigenvalue weighted by atomic mass is 10.1. The maximum absolute atomic E-state index is 13.1. The first-order valence-corrected chi connectivity index (χ1v) is 7.80. The van der Waals surface area contributed by atoms with E-state index in [2.05, 4.69) is 16.2 Å². The van der Waals surface area contributed by atoms with Crippen LogP contribution in [0.2, 0.25) is 0 Å². The summed E-state index contributed by atoms with van der Waals surface area (Å²) in [6, 6.07) is 13.7. The number of rotatable bonds is 6. The van der Waals surface area contributed by atoms with Crippen molar-refractivity contribution in [2.24, 2.45) is 0 Å². The van der Waals surface area contributed by atoms with Crippen LogP contribution in [0.3, 0.4) is 0 Å². The van der Waals surface area contributed by atoms with E-state index in [0.29, 0.717) is 11.1 Å². The highest BCUT2D eigenvalue weighted by Gasteiger charge is 2.28. The summed E-state index contributed by atoms with van der Waals surface area (Å²) in [5.74, 6) is -0.979. The number of carbonyl (C=O) groups excluding carboxylic acids is 2. The van der Waals surface area contributed by atoms with Crippen molar-refractivity contribution in [2.75, 3.05) is 0 Å². The largest absolute Gasteiger partial charge is 0.352 e. The number of benzene rings is 2. The molecule has 2 amide bonds. The van der Waals surface area contributed by atoms with Gasteiger partial charge in [-0.15, -0.1) is 0 Å². The Kier molecular flexibility index (Phi) is 4.86. The molecule has 24 heavy (non-hydrogen) atoms. The Balaban J connectivity index is 1.70. The lowest BCUT2D eigenvalue weighted by Crippen LogP contribution is -2.46. The molecule has 2 aromatic rings. The van der Waals surface area contributed by atoms with Gasteiger partial charge in [0.2, 0.25) is 5.91 Å². The second-order valence-electron chi connectivity index (χ2n) is 5.73. The van der Waals surface area contributed by atoms with Gasteiger partial charge < -0.3 is 5.32 Å². The molecule has 0 radical (unpaired) electrons. The molecule has 124 valence electrons. The van der Waals surface area contributed by atoms with E-state index in [9.17, 15) is 14.0 Å². The lowest BCUT2D eigenvalue weighted by molar-refractivity contribution is -0.123. The number of hydrazine groups is 1. The molecule has 3 N–H and O–H groups in total. The van der Waals surface area contributed by atoms with Crippen LogP contribution >= 0.6 is 0 Å². The number of hydrogen-bond donors (Lipinski definition) is 3. The van der Waals surface area contributed by atoms with Gasteiger partial charge in [0.25, 0.3) is 5.91 Å². The fourth-order valence-corrected chi connectivity index (χ4v) is 2.27. The molecule has 1 aliphatic carbocycles. The van der Waals surface area contributed by atoms with Crippen LogP contribution in [0, 0.1) is 5.82 Å². The van der Waals surface area contributed by atoms with Gasteiger partial charge >= 0.3 is 0 Å². The Hall–Kier alpha value is -2.73. The third kappa shape index (κ3) is 4.17. The summed E-state index contributed by atoms with van der Waals surface area (Å²) >= 11 is 0. The Morgan fingerprint density at radius 1 is 1.00 bits per heavy atom. The summed E-state index contributed by atoms with van der Waals surface area (Å²) < 4.78 is 13.1. The molecule has 0 aliphatic heterocycles. The highest BCUT2D eigenvalue weighted by molar-refractivity contribution is 5.94. The van der Waals surface area contributed by atoms with E-state index in [-0.39, 0.29) is 23.7 Å². The molecule has 0 spiro atoms. The first-order valence-electron chi connectivity index (χ1n) is 7.80. The van der Waals surface area contributed by atoms with E-state index in [1.807, 2.05) is 6.07 Å². The zero-order valence-electron chi connectivity index (χ0n) is 13.0. The predicted octanol–water partition coefficient (Wildman–Crippen LogP) is 2.08. The highest BCUT2D eigenvalue weighted by Crippen LogP contribution is 2.21. The quantitative estimate of drug-likeness (QED) is 0.712. The maximum atomic E-state index is 13.1. The SMILES string of the molecule is O=C(NNC(C(=O)NC1CC1)c1ccc(F)cc1)c1ccccc1. The van der Waals surface area contributed by atoms with E-state index in [4.69, 9.17) is 0 Å². The summed E-state index contributed by atoms with van der Waals surface area (Å²) in [7, 11) is 0. The van der Waals surface area contributed by atoms with Gasteiger partial charge in [0.15, 0.2) is 0 Å². The highest BCUT2D eigenvalue weighted by atomic mass is 19.1. The molecule has 1 unspecified atom stereocenters. The van der Waals surface area contributed by atoms with Crippen LogP contribution in [0.15, 0.2) is 54.6 Å². The van der Waals surface area contributed by atoms with Crippen LogP contribution in [-0.4, -0.2) is 17.9 Å². The molecule has 3 rings (SSSR count). The van der Waals surface area contributed by atoms with E-state index < -0.39 is 6.04 Å². The van der Waals surface area contributed by atoms with Gasteiger partial charge in [-0.05, 0) is 42.7 Å². The Bertz CT molecular complexity index is 715. The van der Waals surface area contributed by atoms with Crippen molar-refractivity contribution < 1.29 is 14.0 Å². The van der Waals surface area contributed by atoms with Gasteiger partial charge in [-0.3, -0.25) is 15.0 Å². The zero-order valence-corrected chi connectivity index (χ0v) is 13.0. The average Bonchev–Trinajstić information content (AvgIpc) is 3.41. The maximum Gasteiger partial charge on any atom is 0.265 e. The fourth-order valence-electron chi connectivity index (χ4n) is 2.27. The van der Waals surface area contributed by atoms with E-state index in [1.54, 1.807) is 24.3 Å². The van der Waals surface area contributed by atoms with Crippen molar-refractivity contribution in [3.05, 3.63) is 71.5 Å². The van der Waals surface area contributed by atoms with E-state index >= 15 is 0 Å². The minimum Gasteiger partial charge on any atom is -0.352 e. The number of carbonyl (C=O) groups is 2. The third-order valence-corrected chi connectivity index (χ3v) is 3.76. The van der Waals surface area contributed by atoms with Gasteiger partial charge in [-0.2, -0.15) is 0 Å². The molecule has 0 bridgehead atoms. The summed E-state index contributed by atoms with van der Waals surface area (Å²) in [5, 5.41) is 2.88. The minimum absolute atomic E-state index is 0.187. The Morgan fingerprint density at radius 3 is 2.29 bits per heavy atom. The molecule has 1 fully saturated rings. The molecule has 0 saturated heterocycles. The van der Waals surface area contributed by atoms with Gasteiger partial charge in [-0.1, -0.05) is 30.3 Å². The number of halogens is 1. The Labute approximate surface area is 139 Å². The van der Waals surface area contributed by atoms with Crippen molar-refractivity contribution in [1.29, 1.82) is 0 Å². The van der Waals surface area contributed by atoms with Gasteiger partial charge in [0.05, 0.1) is 0 Å². The molecule has 5 nitrogen and oxygen atoms in total. The monoisotopic (exact) mass is 327 g/mol. The van der Waals surface area contributed by atoms with Crippen molar-refractivity contribution >= 4 is 11.8 Å². The van der Waals surface area contributed by atoms with Crippen LogP contribution in [0.5, 0.6) is 0 Å². The smallest absolute Gasteiger partial charge is 0.265 e. The summed E-state index contributed by atoms with van der Waals surface area (Å²) in [4.78, 5) is 24.5. The summed E-state index contributed by atoms with van der Waals surface area (Å²) in [6.45, 7) is 0. The second kappa shape index (κ2) is 7.23. The fraction of sp³-hybridized carbons (Fsp3) is 0.222. The topological polar surface area (TPSA) is 70.2 Å². The van der Waals surface area contributed by atoms with Crippen LogP contribution in [-0.2, 0) is 4.79 Å². The number of hydrogen-bond acceptors (Lipinski definition) is 3. The van der Waals surface area contributed by atoms with Gasteiger partial charge in [0, 0.05) is 11.6 Å². The predicted molar refractivity (Wildman–Crippen MR) is 87.3 cm³/mol. The summed E-state index contributed by atoms with van der Waals surface area (Å²) in [5.41, 5.74) is 6.35. The summed E-state index contributed by atoms with van der Waals surface area (Å²) in [6.07, 6.45) is 1.91. The van der Waals surface area contributed by atoms with Gasteiger partial charge in [0.1, 0.15) is 11.9 Å². The molecule has 1 aliphatic rings. The molecule has 2 aromatic carbocycles. The van der Waals surface area contributed by atoms with Crippen molar-refractivity contribution in [1.82, 2.24) is 16.2 Å². The average molecular weight is 327 g/mol. The first-order chi connectivity index (χ1) is 11.6. The molecule has 0 heterocycles. The molecular weight excluding hydrogens is 309 g/mol. The molecule has 6 heteroatoms. The first kappa shape index (κ1) is 16.1. The van der Waals surface area contributed by atoms with Crippen molar-refractivity contribution in [3.63, 3.8) is 0 Å². The van der Waals surface area contributed by atoms with Crippen LogP contribution < -0.4 is 16.2 Å². The van der Waals surface area contributed by atoms with Crippen LogP contribution in [0.25, 0.3) is 0 Å². The third-order valence-electron chi connectivity index (χ3n) is 3.76. The standard InChI is InChI=1S/C18H18FN3O2/c19-14-8-6-12(7-9-14)16(18(24)20-15-10-11-15)21-22-17(23)13-4-2-1-3-5-13/h1-9,15-16,21H,10-11H2,(H,20,24)(H,22,23). The van der Waals surface area contributed by atoms with Crippen LogP contribution in [0.4, 0.5) is 4.39 Å². The van der Waals surface area contributed by atoms with Crippen molar-refractivity contribution in [3.8, 4) is 0 Å². The number of nitrogens with one attached hydrogen (secondary N) is 3. The van der Waals surface area contributed by atoms with E-state index in [0.717, 1.165) is 12.8 Å². The molecule has 1 atom stereocenters. The normalized spacial score (nSPS) is 14.7. The molecule has 1 saturated carbocycles. The Morgan fingerprint density at radius 2 is 1.67 bits per heavy atom. The minimum atomic E-state index is -0.793. The van der Waals surface area contributed by atoms with Gasteiger partial charge in [-0.25, -0.2) is 9.82 Å². The zero-order chi connectivity index (χ0) is 16.9. The van der Waals surface area contributed by atoms with Crippen molar-refractivity contribution in [2.45, 2.75) is 24.9 Å².